The molecule has 92 valence electrons. The Hall–Kier alpha value is -0.610. The summed E-state index contributed by atoms with van der Waals surface area (Å²) in [5.74, 6) is 0.131. The lowest BCUT2D eigenvalue weighted by Crippen LogP contribution is -2.45. The van der Waals surface area contributed by atoms with Crippen LogP contribution in [0.2, 0.25) is 0 Å². The van der Waals surface area contributed by atoms with Crippen molar-refractivity contribution < 1.29 is 4.79 Å². The van der Waals surface area contributed by atoms with Gasteiger partial charge in [0, 0.05) is 38.6 Å². The second-order valence-corrected chi connectivity index (χ2v) is 4.87. The summed E-state index contributed by atoms with van der Waals surface area (Å²) in [7, 11) is 1.70. The number of hydrogen-bond acceptors (Lipinski definition) is 3. The number of hydrogen-bond donors (Lipinski definition) is 2. The van der Waals surface area contributed by atoms with E-state index in [0.717, 1.165) is 12.6 Å². The molecule has 1 amide bonds. The van der Waals surface area contributed by atoms with Gasteiger partial charge in [-0.1, -0.05) is 6.42 Å². The molecular formula is C12H23N3O. The van der Waals surface area contributed by atoms with Crippen molar-refractivity contribution in [2.45, 2.75) is 44.2 Å². The van der Waals surface area contributed by atoms with Crippen molar-refractivity contribution >= 4 is 5.91 Å². The zero-order valence-electron chi connectivity index (χ0n) is 10.2. The van der Waals surface area contributed by atoms with Crippen LogP contribution >= 0.6 is 0 Å². The molecule has 2 saturated heterocycles. The maximum Gasteiger partial charge on any atom is 0.221 e. The average Bonchev–Trinajstić information content (AvgIpc) is 2.73. The number of carbonyl (C=O) groups excluding carboxylic acids is 1. The Morgan fingerprint density at radius 2 is 2.19 bits per heavy atom. The summed E-state index contributed by atoms with van der Waals surface area (Å²) in [6.07, 6.45) is 5.91. The van der Waals surface area contributed by atoms with Crippen LogP contribution in [0.3, 0.4) is 0 Å². The molecule has 4 heteroatoms. The van der Waals surface area contributed by atoms with Crippen LogP contribution in [0.4, 0.5) is 0 Å². The fourth-order valence-corrected chi connectivity index (χ4v) is 2.98. The van der Waals surface area contributed by atoms with Gasteiger partial charge in [0.05, 0.1) is 0 Å². The van der Waals surface area contributed by atoms with E-state index < -0.39 is 0 Å². The molecule has 2 N–H and O–H groups in total. The molecule has 0 radical (unpaired) electrons. The van der Waals surface area contributed by atoms with Crippen molar-refractivity contribution in [2.24, 2.45) is 0 Å². The van der Waals surface area contributed by atoms with Gasteiger partial charge in [-0.2, -0.15) is 0 Å². The van der Waals surface area contributed by atoms with Crippen LogP contribution in [-0.2, 0) is 4.79 Å². The number of fused-ring (bicyclic) bond motifs is 1. The lowest BCUT2D eigenvalue weighted by Gasteiger charge is -2.32. The minimum atomic E-state index is 0.131. The number of carbonyl (C=O) groups is 1. The van der Waals surface area contributed by atoms with E-state index in [1.807, 2.05) is 0 Å². The molecule has 0 aromatic carbocycles. The summed E-state index contributed by atoms with van der Waals surface area (Å²) in [6, 6.07) is 1.35. The molecule has 0 aromatic heterocycles. The summed E-state index contributed by atoms with van der Waals surface area (Å²) in [4.78, 5) is 13.7. The lowest BCUT2D eigenvalue weighted by atomic mass is 9.99. The zero-order chi connectivity index (χ0) is 11.4. The van der Waals surface area contributed by atoms with Crippen molar-refractivity contribution in [1.29, 1.82) is 0 Å². The SMILES string of the molecule is CNC(=O)CCNC1CCN2CCCCC12. The van der Waals surface area contributed by atoms with Gasteiger partial charge in [0.1, 0.15) is 0 Å². The lowest BCUT2D eigenvalue weighted by molar-refractivity contribution is -0.120. The van der Waals surface area contributed by atoms with Gasteiger partial charge in [0.15, 0.2) is 0 Å². The molecule has 0 saturated carbocycles. The predicted molar refractivity (Wildman–Crippen MR) is 64.3 cm³/mol. The first-order valence-electron chi connectivity index (χ1n) is 6.49. The third-order valence-electron chi connectivity index (χ3n) is 3.89. The third-order valence-corrected chi connectivity index (χ3v) is 3.89. The highest BCUT2D eigenvalue weighted by molar-refractivity contribution is 5.75. The Labute approximate surface area is 97.8 Å². The highest BCUT2D eigenvalue weighted by Gasteiger charge is 2.34. The van der Waals surface area contributed by atoms with E-state index in [9.17, 15) is 4.79 Å². The number of nitrogens with zero attached hydrogens (tertiary/aromatic N) is 1. The molecule has 16 heavy (non-hydrogen) atoms. The monoisotopic (exact) mass is 225 g/mol. The molecule has 2 aliphatic rings. The van der Waals surface area contributed by atoms with Crippen molar-refractivity contribution in [3.8, 4) is 0 Å². The topological polar surface area (TPSA) is 44.4 Å². The first-order valence-corrected chi connectivity index (χ1v) is 6.49. The zero-order valence-corrected chi connectivity index (χ0v) is 10.2. The Morgan fingerprint density at radius 1 is 1.31 bits per heavy atom. The second kappa shape index (κ2) is 5.64. The van der Waals surface area contributed by atoms with E-state index in [1.54, 1.807) is 7.05 Å². The van der Waals surface area contributed by atoms with E-state index in [4.69, 9.17) is 0 Å². The maximum absolute atomic E-state index is 11.1. The Morgan fingerprint density at radius 3 is 3.00 bits per heavy atom. The summed E-state index contributed by atoms with van der Waals surface area (Å²) in [5, 5.41) is 6.20. The predicted octanol–water partition coefficient (Wildman–Crippen LogP) is 0.339. The molecule has 0 bridgehead atoms. The van der Waals surface area contributed by atoms with Crippen molar-refractivity contribution in [3.05, 3.63) is 0 Å². The van der Waals surface area contributed by atoms with Crippen molar-refractivity contribution in [3.63, 3.8) is 0 Å². The summed E-state index contributed by atoms with van der Waals surface area (Å²) >= 11 is 0. The molecule has 0 aromatic rings. The van der Waals surface area contributed by atoms with Gasteiger partial charge in [-0.3, -0.25) is 9.69 Å². The highest BCUT2D eigenvalue weighted by atomic mass is 16.1. The first-order chi connectivity index (χ1) is 7.81. The van der Waals surface area contributed by atoms with Gasteiger partial charge in [0.2, 0.25) is 5.91 Å². The van der Waals surface area contributed by atoms with Gasteiger partial charge in [-0.25, -0.2) is 0 Å². The standard InChI is InChI=1S/C12H23N3O/c1-13-12(16)5-7-14-10-6-9-15-8-3-2-4-11(10)15/h10-11,14H,2-9H2,1H3,(H,13,16). The molecule has 2 heterocycles. The van der Waals surface area contributed by atoms with Gasteiger partial charge in [-0.15, -0.1) is 0 Å². The molecule has 2 unspecified atom stereocenters. The van der Waals surface area contributed by atoms with Gasteiger partial charge < -0.3 is 10.6 Å². The molecule has 2 rings (SSSR count). The highest BCUT2D eigenvalue weighted by Crippen LogP contribution is 2.26. The van der Waals surface area contributed by atoms with Gasteiger partial charge in [-0.05, 0) is 25.8 Å². The summed E-state index contributed by atoms with van der Waals surface area (Å²) in [6.45, 7) is 3.33. The normalized spacial score (nSPS) is 30.1. The molecule has 0 aliphatic carbocycles. The Balaban J connectivity index is 1.71. The largest absolute Gasteiger partial charge is 0.359 e. The number of amides is 1. The molecule has 2 fully saturated rings. The summed E-state index contributed by atoms with van der Waals surface area (Å²) in [5.41, 5.74) is 0. The van der Waals surface area contributed by atoms with Crippen molar-refractivity contribution in [2.75, 3.05) is 26.7 Å². The minimum Gasteiger partial charge on any atom is -0.359 e. The Bertz CT molecular complexity index is 244. The van der Waals surface area contributed by atoms with Gasteiger partial charge >= 0.3 is 0 Å². The van der Waals surface area contributed by atoms with E-state index in [1.165, 1.54) is 38.8 Å². The number of piperidine rings is 1. The smallest absolute Gasteiger partial charge is 0.221 e. The fraction of sp³-hybridized carbons (Fsp3) is 0.917. The van der Waals surface area contributed by atoms with E-state index in [0.29, 0.717) is 12.5 Å². The quantitative estimate of drug-likeness (QED) is 0.725. The van der Waals surface area contributed by atoms with Crippen LogP contribution < -0.4 is 10.6 Å². The van der Waals surface area contributed by atoms with E-state index in [-0.39, 0.29) is 5.91 Å². The average molecular weight is 225 g/mol. The van der Waals surface area contributed by atoms with Crippen LogP contribution in [0.25, 0.3) is 0 Å². The van der Waals surface area contributed by atoms with E-state index >= 15 is 0 Å². The van der Waals surface area contributed by atoms with Crippen molar-refractivity contribution in [1.82, 2.24) is 15.5 Å². The molecule has 4 nitrogen and oxygen atoms in total. The Kier molecular flexibility index (Phi) is 4.18. The number of rotatable bonds is 4. The van der Waals surface area contributed by atoms with E-state index in [2.05, 4.69) is 15.5 Å². The van der Waals surface area contributed by atoms with Crippen LogP contribution in [0.5, 0.6) is 0 Å². The minimum absolute atomic E-state index is 0.131. The van der Waals surface area contributed by atoms with Gasteiger partial charge in [0.25, 0.3) is 0 Å². The molecule has 0 spiro atoms. The molecular weight excluding hydrogens is 202 g/mol. The number of nitrogens with one attached hydrogen (secondary N) is 2. The fourth-order valence-electron chi connectivity index (χ4n) is 2.98. The van der Waals surface area contributed by atoms with Crippen LogP contribution in [0, 0.1) is 0 Å². The van der Waals surface area contributed by atoms with Crippen LogP contribution in [-0.4, -0.2) is 49.6 Å². The summed E-state index contributed by atoms with van der Waals surface area (Å²) < 4.78 is 0. The van der Waals surface area contributed by atoms with Crippen LogP contribution in [0.15, 0.2) is 0 Å². The maximum atomic E-state index is 11.1. The first kappa shape index (κ1) is 11.9. The second-order valence-electron chi connectivity index (χ2n) is 4.87. The molecule has 2 aliphatic heterocycles. The van der Waals surface area contributed by atoms with Crippen LogP contribution in [0.1, 0.15) is 32.1 Å². The third kappa shape index (κ3) is 2.74. The molecule has 2 atom stereocenters.